The lowest BCUT2D eigenvalue weighted by molar-refractivity contribution is 0.248. The zero-order chi connectivity index (χ0) is 12.8. The normalized spacial score (nSPS) is 27.2. The summed E-state index contributed by atoms with van der Waals surface area (Å²) in [6, 6.07) is 2.14. The maximum atomic E-state index is 6.23. The Labute approximate surface area is 109 Å². The SMILES string of the molecule is Cc1cc(C2CCCN(C)C2)nc(C2(N)CC2)n1. The third-order valence-corrected chi connectivity index (χ3v) is 4.15. The Balaban J connectivity index is 1.89. The first-order chi connectivity index (χ1) is 8.57. The van der Waals surface area contributed by atoms with Gasteiger partial charge >= 0.3 is 0 Å². The quantitative estimate of drug-likeness (QED) is 0.860. The number of nitrogens with zero attached hydrogens (tertiary/aromatic N) is 3. The van der Waals surface area contributed by atoms with Crippen molar-refractivity contribution in [2.75, 3.05) is 20.1 Å². The van der Waals surface area contributed by atoms with Crippen molar-refractivity contribution in [1.82, 2.24) is 14.9 Å². The Morgan fingerprint density at radius 2 is 2.17 bits per heavy atom. The van der Waals surface area contributed by atoms with E-state index in [1.807, 2.05) is 6.92 Å². The van der Waals surface area contributed by atoms with Crippen LogP contribution in [0.4, 0.5) is 0 Å². The van der Waals surface area contributed by atoms with E-state index in [-0.39, 0.29) is 5.54 Å². The van der Waals surface area contributed by atoms with Crippen LogP contribution in [0.3, 0.4) is 0 Å². The van der Waals surface area contributed by atoms with E-state index in [1.54, 1.807) is 0 Å². The van der Waals surface area contributed by atoms with Gasteiger partial charge in [0, 0.05) is 23.9 Å². The fourth-order valence-electron chi connectivity index (χ4n) is 2.79. The third kappa shape index (κ3) is 2.27. The molecule has 1 atom stereocenters. The molecule has 2 fully saturated rings. The second-order valence-corrected chi connectivity index (χ2v) is 6.02. The molecule has 1 saturated heterocycles. The lowest BCUT2D eigenvalue weighted by Gasteiger charge is -2.29. The molecule has 2 heterocycles. The van der Waals surface area contributed by atoms with E-state index in [0.29, 0.717) is 5.92 Å². The molecule has 2 aliphatic rings. The van der Waals surface area contributed by atoms with E-state index >= 15 is 0 Å². The zero-order valence-corrected chi connectivity index (χ0v) is 11.3. The van der Waals surface area contributed by atoms with Crippen LogP contribution < -0.4 is 5.73 Å². The molecule has 1 aromatic heterocycles. The van der Waals surface area contributed by atoms with Crippen molar-refractivity contribution in [1.29, 1.82) is 0 Å². The fraction of sp³-hybridized carbons (Fsp3) is 0.714. The number of rotatable bonds is 2. The van der Waals surface area contributed by atoms with Gasteiger partial charge in [0.05, 0.1) is 5.54 Å². The van der Waals surface area contributed by atoms with Gasteiger partial charge in [0.25, 0.3) is 0 Å². The summed E-state index contributed by atoms with van der Waals surface area (Å²) >= 11 is 0. The van der Waals surface area contributed by atoms with Crippen LogP contribution in [0.5, 0.6) is 0 Å². The molecule has 3 rings (SSSR count). The van der Waals surface area contributed by atoms with Crippen molar-refractivity contribution in [2.24, 2.45) is 5.73 Å². The first kappa shape index (κ1) is 12.1. The highest BCUT2D eigenvalue weighted by Crippen LogP contribution is 2.41. The summed E-state index contributed by atoms with van der Waals surface area (Å²) in [5.74, 6) is 1.41. The summed E-state index contributed by atoms with van der Waals surface area (Å²) in [6.07, 6.45) is 4.55. The monoisotopic (exact) mass is 246 g/mol. The van der Waals surface area contributed by atoms with Crippen LogP contribution in [0.2, 0.25) is 0 Å². The third-order valence-electron chi connectivity index (χ3n) is 4.15. The van der Waals surface area contributed by atoms with Crippen LogP contribution >= 0.6 is 0 Å². The lowest BCUT2D eigenvalue weighted by Crippen LogP contribution is -2.32. The van der Waals surface area contributed by atoms with Crippen molar-refractivity contribution < 1.29 is 0 Å². The molecule has 4 nitrogen and oxygen atoms in total. The first-order valence-corrected chi connectivity index (χ1v) is 6.90. The maximum absolute atomic E-state index is 6.23. The number of hydrogen-bond donors (Lipinski definition) is 1. The van der Waals surface area contributed by atoms with Crippen LogP contribution in [-0.2, 0) is 5.54 Å². The van der Waals surface area contributed by atoms with E-state index in [4.69, 9.17) is 10.7 Å². The second kappa shape index (κ2) is 4.28. The predicted octanol–water partition coefficient (Wildman–Crippen LogP) is 1.54. The Kier molecular flexibility index (Phi) is 2.87. The Hall–Kier alpha value is -1.00. The average molecular weight is 246 g/mol. The summed E-state index contributed by atoms with van der Waals surface area (Å²) in [5.41, 5.74) is 8.26. The van der Waals surface area contributed by atoms with Gasteiger partial charge in [-0.3, -0.25) is 0 Å². The largest absolute Gasteiger partial charge is 0.319 e. The maximum Gasteiger partial charge on any atom is 0.148 e. The van der Waals surface area contributed by atoms with E-state index in [2.05, 4.69) is 23.0 Å². The van der Waals surface area contributed by atoms with Crippen molar-refractivity contribution in [2.45, 2.75) is 44.1 Å². The van der Waals surface area contributed by atoms with Gasteiger partial charge in [-0.15, -0.1) is 0 Å². The number of nitrogens with two attached hydrogens (primary N) is 1. The Bertz CT molecular complexity index is 453. The summed E-state index contributed by atoms with van der Waals surface area (Å²) in [4.78, 5) is 11.7. The highest BCUT2D eigenvalue weighted by Gasteiger charge is 2.43. The molecular weight excluding hydrogens is 224 g/mol. The number of aryl methyl sites for hydroxylation is 1. The van der Waals surface area contributed by atoms with Crippen LogP contribution in [0, 0.1) is 6.92 Å². The highest BCUT2D eigenvalue weighted by atomic mass is 15.1. The summed E-state index contributed by atoms with van der Waals surface area (Å²) in [5, 5.41) is 0. The molecule has 1 aliphatic carbocycles. The van der Waals surface area contributed by atoms with Gasteiger partial charge in [-0.1, -0.05) is 0 Å². The van der Waals surface area contributed by atoms with Crippen molar-refractivity contribution in [3.63, 3.8) is 0 Å². The Morgan fingerprint density at radius 1 is 1.39 bits per heavy atom. The molecule has 1 unspecified atom stereocenters. The average Bonchev–Trinajstić information content (AvgIpc) is 3.08. The standard InChI is InChI=1S/C14H22N4/c1-10-8-12(11-4-3-7-18(2)9-11)17-13(16-10)14(15)5-6-14/h8,11H,3-7,9,15H2,1-2H3. The summed E-state index contributed by atoms with van der Waals surface area (Å²) in [7, 11) is 2.19. The molecule has 0 radical (unpaired) electrons. The molecule has 18 heavy (non-hydrogen) atoms. The molecule has 0 aromatic carbocycles. The molecule has 0 spiro atoms. The highest BCUT2D eigenvalue weighted by molar-refractivity contribution is 5.22. The molecule has 1 aliphatic heterocycles. The minimum atomic E-state index is -0.221. The van der Waals surface area contributed by atoms with Gasteiger partial charge in [-0.05, 0) is 52.3 Å². The number of aromatic nitrogens is 2. The number of piperidine rings is 1. The van der Waals surface area contributed by atoms with E-state index in [1.165, 1.54) is 25.1 Å². The van der Waals surface area contributed by atoms with Crippen LogP contribution in [0.1, 0.15) is 48.8 Å². The summed E-state index contributed by atoms with van der Waals surface area (Å²) in [6.45, 7) is 4.36. The van der Waals surface area contributed by atoms with Crippen LogP contribution in [0.15, 0.2) is 6.07 Å². The molecular formula is C14H22N4. The Morgan fingerprint density at radius 3 is 2.83 bits per heavy atom. The van der Waals surface area contributed by atoms with Gasteiger partial charge in [0.15, 0.2) is 0 Å². The summed E-state index contributed by atoms with van der Waals surface area (Å²) < 4.78 is 0. The molecule has 2 N–H and O–H groups in total. The van der Waals surface area contributed by atoms with E-state index in [9.17, 15) is 0 Å². The predicted molar refractivity (Wildman–Crippen MR) is 71.3 cm³/mol. The first-order valence-electron chi connectivity index (χ1n) is 6.90. The number of likely N-dealkylation sites (tertiary alicyclic amines) is 1. The molecule has 1 aromatic rings. The second-order valence-electron chi connectivity index (χ2n) is 6.02. The van der Waals surface area contributed by atoms with Gasteiger partial charge in [-0.2, -0.15) is 0 Å². The molecule has 98 valence electrons. The van der Waals surface area contributed by atoms with Crippen LogP contribution in [0.25, 0.3) is 0 Å². The zero-order valence-electron chi connectivity index (χ0n) is 11.3. The fourth-order valence-corrected chi connectivity index (χ4v) is 2.79. The van der Waals surface area contributed by atoms with Crippen molar-refractivity contribution in [3.05, 3.63) is 23.3 Å². The number of hydrogen-bond acceptors (Lipinski definition) is 4. The van der Waals surface area contributed by atoms with E-state index in [0.717, 1.165) is 30.9 Å². The smallest absolute Gasteiger partial charge is 0.148 e. The van der Waals surface area contributed by atoms with E-state index < -0.39 is 0 Å². The molecule has 0 amide bonds. The van der Waals surface area contributed by atoms with Gasteiger partial charge in [0.2, 0.25) is 0 Å². The van der Waals surface area contributed by atoms with Crippen molar-refractivity contribution in [3.8, 4) is 0 Å². The van der Waals surface area contributed by atoms with Gasteiger partial charge in [-0.25, -0.2) is 9.97 Å². The van der Waals surface area contributed by atoms with Crippen LogP contribution in [-0.4, -0.2) is 35.0 Å². The number of likely N-dealkylation sites (N-methyl/N-ethyl adjacent to an activating group) is 1. The minimum Gasteiger partial charge on any atom is -0.319 e. The molecule has 4 heteroatoms. The topological polar surface area (TPSA) is 55.0 Å². The van der Waals surface area contributed by atoms with Crippen molar-refractivity contribution >= 4 is 0 Å². The van der Waals surface area contributed by atoms with Gasteiger partial charge < -0.3 is 10.6 Å². The van der Waals surface area contributed by atoms with Gasteiger partial charge in [0.1, 0.15) is 5.82 Å². The minimum absolute atomic E-state index is 0.221. The molecule has 0 bridgehead atoms. The molecule has 1 saturated carbocycles. The lowest BCUT2D eigenvalue weighted by atomic mass is 9.94.